The molecule has 0 spiro atoms. The molecule has 5 heteroatoms. The lowest BCUT2D eigenvalue weighted by Gasteiger charge is -2.34. The Morgan fingerprint density at radius 1 is 1.45 bits per heavy atom. The smallest absolute Gasteiger partial charge is 0.314 e. The van der Waals surface area contributed by atoms with Gasteiger partial charge in [-0.05, 0) is 40.5 Å². The zero-order chi connectivity index (χ0) is 14.8. The summed E-state index contributed by atoms with van der Waals surface area (Å²) in [5.41, 5.74) is -1.63. The lowest BCUT2D eigenvalue weighted by molar-refractivity contribution is -0.164. The maximum Gasteiger partial charge on any atom is 0.314 e. The summed E-state index contributed by atoms with van der Waals surface area (Å²) < 4.78 is 16.8. The number of hydrogen-bond acceptors (Lipinski definition) is 5. The van der Waals surface area contributed by atoms with Crippen molar-refractivity contribution in [1.29, 1.82) is 0 Å². The number of carbonyl (C=O) groups excluding carboxylic acids is 2. The van der Waals surface area contributed by atoms with Crippen LogP contribution in [-0.4, -0.2) is 36.9 Å². The molecule has 3 aliphatic heterocycles. The second kappa shape index (κ2) is 3.97. The average Bonchev–Trinajstić information content (AvgIpc) is 2.97. The Balaban J connectivity index is 1.77. The van der Waals surface area contributed by atoms with Crippen LogP contribution in [0.1, 0.15) is 40.5 Å². The Hall–Kier alpha value is -1.10. The summed E-state index contributed by atoms with van der Waals surface area (Å²) in [6, 6.07) is 0. The fourth-order valence-corrected chi connectivity index (χ4v) is 3.75. The molecule has 0 N–H and O–H groups in total. The molecule has 2 bridgehead atoms. The van der Waals surface area contributed by atoms with Crippen molar-refractivity contribution in [3.63, 3.8) is 0 Å². The van der Waals surface area contributed by atoms with E-state index in [4.69, 9.17) is 14.2 Å². The normalized spacial score (nSPS) is 42.5. The SMILES string of the molecule is CC(C)(C)C(=O)OC[C@@]12CC[C@H](O1)[C@]1(C)C(=O)OC[C@@H]21. The van der Waals surface area contributed by atoms with Gasteiger partial charge in [0.15, 0.2) is 0 Å². The molecule has 0 saturated carbocycles. The molecule has 3 aliphatic rings. The van der Waals surface area contributed by atoms with E-state index in [9.17, 15) is 9.59 Å². The molecule has 0 amide bonds. The number of fused-ring (bicyclic) bond motifs is 5. The third-order valence-corrected chi connectivity index (χ3v) is 5.12. The van der Waals surface area contributed by atoms with Gasteiger partial charge in [-0.1, -0.05) is 0 Å². The van der Waals surface area contributed by atoms with E-state index in [0.717, 1.165) is 12.8 Å². The van der Waals surface area contributed by atoms with Gasteiger partial charge in [-0.25, -0.2) is 0 Å². The first-order valence-corrected chi connectivity index (χ1v) is 7.22. The van der Waals surface area contributed by atoms with Gasteiger partial charge in [-0.3, -0.25) is 9.59 Å². The van der Waals surface area contributed by atoms with Crippen LogP contribution < -0.4 is 0 Å². The minimum absolute atomic E-state index is 0.00554. The van der Waals surface area contributed by atoms with Crippen LogP contribution in [0.5, 0.6) is 0 Å². The molecule has 0 radical (unpaired) electrons. The Bertz CT molecular complexity index is 465. The van der Waals surface area contributed by atoms with Crippen LogP contribution in [0, 0.1) is 16.7 Å². The maximum absolute atomic E-state index is 12.0. The summed E-state index contributed by atoms with van der Waals surface area (Å²) in [6.07, 6.45) is 1.55. The van der Waals surface area contributed by atoms with Crippen LogP contribution in [0.25, 0.3) is 0 Å². The van der Waals surface area contributed by atoms with Gasteiger partial charge in [-0.15, -0.1) is 0 Å². The van der Waals surface area contributed by atoms with Gasteiger partial charge in [0.05, 0.1) is 18.1 Å². The van der Waals surface area contributed by atoms with E-state index < -0.39 is 16.4 Å². The molecule has 0 unspecified atom stereocenters. The molecule has 0 aliphatic carbocycles. The van der Waals surface area contributed by atoms with Crippen LogP contribution in [0.2, 0.25) is 0 Å². The number of hydrogen-bond donors (Lipinski definition) is 0. The van der Waals surface area contributed by atoms with Crippen LogP contribution in [0.4, 0.5) is 0 Å². The first kappa shape index (κ1) is 13.9. The monoisotopic (exact) mass is 282 g/mol. The highest BCUT2D eigenvalue weighted by Gasteiger charge is 2.72. The molecular weight excluding hydrogens is 260 g/mol. The second-order valence-corrected chi connectivity index (χ2v) is 7.47. The third kappa shape index (κ3) is 1.65. The zero-order valence-electron chi connectivity index (χ0n) is 12.5. The van der Waals surface area contributed by atoms with E-state index in [-0.39, 0.29) is 30.6 Å². The molecule has 3 fully saturated rings. The summed E-state index contributed by atoms with van der Waals surface area (Å²) in [7, 11) is 0. The average molecular weight is 282 g/mol. The van der Waals surface area contributed by atoms with Crippen LogP contribution in [-0.2, 0) is 23.8 Å². The van der Waals surface area contributed by atoms with Gasteiger partial charge < -0.3 is 14.2 Å². The fraction of sp³-hybridized carbons (Fsp3) is 0.867. The fourth-order valence-electron chi connectivity index (χ4n) is 3.75. The second-order valence-electron chi connectivity index (χ2n) is 7.47. The molecule has 3 saturated heterocycles. The molecular formula is C15H22O5. The molecule has 4 atom stereocenters. The standard InChI is InChI=1S/C15H22O5/c1-13(2,3)11(16)19-8-15-6-5-10(20-15)14(4)9(15)7-18-12(14)17/h9-10H,5-8H2,1-4H3/t9-,10+,14-,15-/m1/s1. The van der Waals surface area contributed by atoms with E-state index in [2.05, 4.69) is 0 Å². The predicted molar refractivity (Wildman–Crippen MR) is 69.8 cm³/mol. The van der Waals surface area contributed by atoms with Crippen molar-refractivity contribution in [2.75, 3.05) is 13.2 Å². The van der Waals surface area contributed by atoms with E-state index in [0.29, 0.717) is 6.61 Å². The van der Waals surface area contributed by atoms with Crippen LogP contribution >= 0.6 is 0 Å². The number of cyclic esters (lactones) is 1. The van der Waals surface area contributed by atoms with Gasteiger partial charge in [0, 0.05) is 5.92 Å². The first-order valence-electron chi connectivity index (χ1n) is 7.22. The highest BCUT2D eigenvalue weighted by atomic mass is 16.6. The Labute approximate surface area is 118 Å². The lowest BCUT2D eigenvalue weighted by Crippen LogP contribution is -2.47. The van der Waals surface area contributed by atoms with Gasteiger partial charge in [0.2, 0.25) is 0 Å². The van der Waals surface area contributed by atoms with Gasteiger partial charge in [0.25, 0.3) is 0 Å². The molecule has 20 heavy (non-hydrogen) atoms. The number of rotatable bonds is 2. The molecule has 3 rings (SSSR count). The lowest BCUT2D eigenvalue weighted by atomic mass is 9.64. The number of carbonyl (C=O) groups is 2. The highest BCUT2D eigenvalue weighted by molar-refractivity contribution is 5.81. The van der Waals surface area contributed by atoms with E-state index in [1.165, 1.54) is 0 Å². The molecule has 0 aromatic heterocycles. The van der Waals surface area contributed by atoms with Crippen molar-refractivity contribution in [3.8, 4) is 0 Å². The van der Waals surface area contributed by atoms with Crippen molar-refractivity contribution in [2.24, 2.45) is 16.7 Å². The van der Waals surface area contributed by atoms with Crippen molar-refractivity contribution >= 4 is 11.9 Å². The molecule has 112 valence electrons. The summed E-state index contributed by atoms with van der Waals surface area (Å²) >= 11 is 0. The van der Waals surface area contributed by atoms with Gasteiger partial charge >= 0.3 is 11.9 Å². The van der Waals surface area contributed by atoms with E-state index in [1.54, 1.807) is 0 Å². The molecule has 5 nitrogen and oxygen atoms in total. The van der Waals surface area contributed by atoms with E-state index in [1.807, 2.05) is 27.7 Å². The summed E-state index contributed by atoms with van der Waals surface area (Å²) in [6.45, 7) is 7.99. The van der Waals surface area contributed by atoms with E-state index >= 15 is 0 Å². The maximum atomic E-state index is 12.0. The zero-order valence-corrected chi connectivity index (χ0v) is 12.5. The summed E-state index contributed by atoms with van der Waals surface area (Å²) in [5, 5.41) is 0. The number of ether oxygens (including phenoxy) is 3. The first-order chi connectivity index (χ1) is 9.20. The van der Waals surface area contributed by atoms with Crippen LogP contribution in [0.15, 0.2) is 0 Å². The molecule has 3 heterocycles. The van der Waals surface area contributed by atoms with Crippen molar-refractivity contribution in [1.82, 2.24) is 0 Å². The van der Waals surface area contributed by atoms with Gasteiger partial charge in [0.1, 0.15) is 17.6 Å². The Morgan fingerprint density at radius 3 is 2.80 bits per heavy atom. The molecule has 0 aromatic carbocycles. The largest absolute Gasteiger partial charge is 0.465 e. The Morgan fingerprint density at radius 2 is 2.15 bits per heavy atom. The van der Waals surface area contributed by atoms with Crippen LogP contribution in [0.3, 0.4) is 0 Å². The predicted octanol–water partition coefficient (Wildman–Crippen LogP) is 1.69. The van der Waals surface area contributed by atoms with Crippen molar-refractivity contribution in [3.05, 3.63) is 0 Å². The molecule has 0 aromatic rings. The minimum atomic E-state index is -0.563. The Kier molecular flexibility index (Phi) is 2.75. The minimum Gasteiger partial charge on any atom is -0.465 e. The van der Waals surface area contributed by atoms with Crippen molar-refractivity contribution in [2.45, 2.75) is 52.2 Å². The summed E-state index contributed by atoms with van der Waals surface area (Å²) in [4.78, 5) is 24.0. The van der Waals surface area contributed by atoms with Gasteiger partial charge in [-0.2, -0.15) is 0 Å². The third-order valence-electron chi connectivity index (χ3n) is 5.12. The highest BCUT2D eigenvalue weighted by Crippen LogP contribution is 2.61. The topological polar surface area (TPSA) is 61.8 Å². The van der Waals surface area contributed by atoms with Crippen molar-refractivity contribution < 1.29 is 23.8 Å². The number of esters is 2. The summed E-state index contributed by atoms with van der Waals surface area (Å²) in [5.74, 6) is -0.414. The quantitative estimate of drug-likeness (QED) is 0.721.